The maximum Gasteiger partial charge on any atom is 0.586 e. The van der Waals surface area contributed by atoms with Crippen LogP contribution in [-0.2, 0) is 11.3 Å². The summed E-state index contributed by atoms with van der Waals surface area (Å²) < 4.78 is 39.2. The maximum absolute atomic E-state index is 13.6. The van der Waals surface area contributed by atoms with Crippen molar-refractivity contribution in [1.29, 1.82) is 0 Å². The fourth-order valence-electron chi connectivity index (χ4n) is 5.08. The fourth-order valence-corrected chi connectivity index (χ4v) is 5.08. The second kappa shape index (κ2) is 8.60. The Bertz CT molecular complexity index is 1870. The van der Waals surface area contributed by atoms with Crippen molar-refractivity contribution in [2.45, 2.75) is 51.6 Å². The average Bonchev–Trinajstić information content (AvgIpc) is 3.31. The molecule has 0 saturated heterocycles. The highest BCUT2D eigenvalue weighted by molar-refractivity contribution is 5.96. The molecule has 40 heavy (non-hydrogen) atoms. The minimum Gasteiger partial charge on any atom is -0.395 e. The van der Waals surface area contributed by atoms with Crippen LogP contribution in [0.1, 0.15) is 32.7 Å². The van der Waals surface area contributed by atoms with Crippen molar-refractivity contribution in [2.75, 3.05) is 4.90 Å². The quantitative estimate of drug-likeness (QED) is 0.338. The maximum atomic E-state index is 13.6. The Morgan fingerprint density at radius 2 is 1.98 bits per heavy atom. The van der Waals surface area contributed by atoms with Crippen LogP contribution in [0.5, 0.6) is 11.5 Å². The molecule has 204 valence electrons. The molecule has 1 N–H and O–H groups in total. The number of alkyl halides is 2. The number of anilines is 1. The van der Waals surface area contributed by atoms with E-state index in [-0.39, 0.29) is 35.6 Å². The van der Waals surface area contributed by atoms with Crippen LogP contribution >= 0.6 is 0 Å². The van der Waals surface area contributed by atoms with Crippen molar-refractivity contribution in [3.63, 3.8) is 0 Å². The summed E-state index contributed by atoms with van der Waals surface area (Å²) in [6.45, 7) is 3.73. The van der Waals surface area contributed by atoms with E-state index in [9.17, 15) is 18.4 Å². The number of fused-ring (bicyclic) bond motifs is 3. The average molecular weight is 548 g/mol. The van der Waals surface area contributed by atoms with Gasteiger partial charge in [0, 0.05) is 34.8 Å². The molecule has 2 aromatic carbocycles. The second-order valence-corrected chi connectivity index (χ2v) is 10.2. The molecule has 7 rings (SSSR count). The van der Waals surface area contributed by atoms with Crippen molar-refractivity contribution < 1.29 is 23.0 Å². The molecule has 13 heteroatoms. The number of benzene rings is 2. The third kappa shape index (κ3) is 3.96. The predicted octanol–water partition coefficient (Wildman–Crippen LogP) is 4.23. The zero-order chi connectivity index (χ0) is 27.8. The highest BCUT2D eigenvalue weighted by Crippen LogP contribution is 2.44. The highest BCUT2D eigenvalue weighted by atomic mass is 19.3. The van der Waals surface area contributed by atoms with Gasteiger partial charge >= 0.3 is 6.29 Å². The monoisotopic (exact) mass is 547 g/mol. The van der Waals surface area contributed by atoms with E-state index in [0.717, 1.165) is 28.4 Å². The standard InChI is InChI=1S/C27H23F2N7O4/c1-14(2)36-19-7-3-15(9-16(19)11-32-36)23-24-25(31-13-30-24)26(38)34(33-23)12-22(37)35(17-4-5-17)18-6-8-20-21(10-18)40-27(28,29)39-20/h3,6-11,13-14,17H,4-5,12H2,1-2H3,(H,30,31). The van der Waals surface area contributed by atoms with Gasteiger partial charge in [-0.1, -0.05) is 6.07 Å². The number of hydrogen-bond acceptors (Lipinski definition) is 7. The molecule has 1 saturated carbocycles. The number of amides is 1. The van der Waals surface area contributed by atoms with Crippen molar-refractivity contribution in [1.82, 2.24) is 29.5 Å². The Morgan fingerprint density at radius 1 is 1.18 bits per heavy atom. The number of carbonyl (C=O) groups is 1. The first-order valence-corrected chi connectivity index (χ1v) is 12.8. The van der Waals surface area contributed by atoms with Gasteiger partial charge in [-0.2, -0.15) is 10.2 Å². The summed E-state index contributed by atoms with van der Waals surface area (Å²) in [5.41, 5.74) is 2.59. The van der Waals surface area contributed by atoms with Gasteiger partial charge in [0.05, 0.1) is 18.0 Å². The molecule has 5 aromatic rings. The number of carbonyl (C=O) groups excluding carboxylic acids is 1. The van der Waals surface area contributed by atoms with Gasteiger partial charge in [-0.15, -0.1) is 8.78 Å². The fraction of sp³-hybridized carbons (Fsp3) is 0.296. The third-order valence-corrected chi connectivity index (χ3v) is 7.02. The van der Waals surface area contributed by atoms with E-state index < -0.39 is 17.8 Å². The third-order valence-electron chi connectivity index (χ3n) is 7.02. The second-order valence-electron chi connectivity index (χ2n) is 10.2. The molecular weight excluding hydrogens is 524 g/mol. The molecule has 0 radical (unpaired) electrons. The summed E-state index contributed by atoms with van der Waals surface area (Å²) in [6, 6.07) is 10.0. The molecule has 2 aliphatic rings. The molecule has 0 bridgehead atoms. The van der Waals surface area contributed by atoms with Crippen LogP contribution in [0.3, 0.4) is 0 Å². The molecule has 1 aliphatic heterocycles. The Labute approximate surface area is 224 Å². The lowest BCUT2D eigenvalue weighted by atomic mass is 10.1. The summed E-state index contributed by atoms with van der Waals surface area (Å²) in [5.74, 6) is -0.685. The molecule has 11 nitrogen and oxygen atoms in total. The van der Waals surface area contributed by atoms with Crippen LogP contribution in [0.2, 0.25) is 0 Å². The summed E-state index contributed by atoms with van der Waals surface area (Å²) in [6.07, 6.45) is 0.909. The van der Waals surface area contributed by atoms with Gasteiger partial charge in [0.1, 0.15) is 23.3 Å². The Hall–Kier alpha value is -4.81. The molecule has 0 unspecified atom stereocenters. The van der Waals surface area contributed by atoms with Gasteiger partial charge in [0.15, 0.2) is 11.5 Å². The smallest absolute Gasteiger partial charge is 0.395 e. The zero-order valence-corrected chi connectivity index (χ0v) is 21.5. The zero-order valence-electron chi connectivity index (χ0n) is 21.5. The summed E-state index contributed by atoms with van der Waals surface area (Å²) in [5, 5.41) is 9.93. The Kier molecular flexibility index (Phi) is 5.21. The van der Waals surface area contributed by atoms with Crippen molar-refractivity contribution >= 4 is 33.5 Å². The largest absolute Gasteiger partial charge is 0.586 e. The molecular formula is C27H23F2N7O4. The van der Waals surface area contributed by atoms with Crippen LogP contribution in [0, 0.1) is 0 Å². The van der Waals surface area contributed by atoms with Crippen LogP contribution in [0.4, 0.5) is 14.5 Å². The van der Waals surface area contributed by atoms with Crippen molar-refractivity contribution in [2.24, 2.45) is 0 Å². The van der Waals surface area contributed by atoms with Gasteiger partial charge in [0.2, 0.25) is 5.91 Å². The number of hydrogen-bond donors (Lipinski definition) is 1. The topological polar surface area (TPSA) is 120 Å². The minimum absolute atomic E-state index is 0.111. The van der Waals surface area contributed by atoms with E-state index >= 15 is 0 Å². The number of aromatic amines is 1. The van der Waals surface area contributed by atoms with E-state index in [1.54, 1.807) is 6.20 Å². The molecule has 4 heterocycles. The number of H-pyrrole nitrogens is 1. The van der Waals surface area contributed by atoms with Crippen LogP contribution in [0.15, 0.2) is 53.7 Å². The lowest BCUT2D eigenvalue weighted by Gasteiger charge is -2.23. The molecule has 1 amide bonds. The number of nitrogens with zero attached hydrogens (tertiary/aromatic N) is 6. The number of rotatable bonds is 6. The first-order chi connectivity index (χ1) is 19.2. The number of nitrogens with one attached hydrogen (secondary N) is 1. The lowest BCUT2D eigenvalue weighted by Crippen LogP contribution is -2.39. The van der Waals surface area contributed by atoms with Gasteiger partial charge in [-0.3, -0.25) is 14.3 Å². The number of ether oxygens (including phenoxy) is 2. The van der Waals surface area contributed by atoms with Gasteiger partial charge in [-0.05, 0) is 51.0 Å². The van der Waals surface area contributed by atoms with Crippen LogP contribution < -0.4 is 19.9 Å². The van der Waals surface area contributed by atoms with Crippen molar-refractivity contribution in [3.8, 4) is 22.8 Å². The molecule has 3 aromatic heterocycles. The van der Waals surface area contributed by atoms with Gasteiger partial charge in [-0.25, -0.2) is 9.67 Å². The molecule has 0 atom stereocenters. The van der Waals surface area contributed by atoms with E-state index in [4.69, 9.17) is 0 Å². The van der Waals surface area contributed by atoms with E-state index in [2.05, 4.69) is 29.6 Å². The molecule has 1 aliphatic carbocycles. The number of aromatic nitrogens is 6. The summed E-state index contributed by atoms with van der Waals surface area (Å²) in [7, 11) is 0. The Balaban J connectivity index is 1.26. The van der Waals surface area contributed by atoms with Gasteiger partial charge < -0.3 is 19.4 Å². The Morgan fingerprint density at radius 3 is 2.75 bits per heavy atom. The van der Waals surface area contributed by atoms with Crippen LogP contribution in [-0.4, -0.2) is 47.8 Å². The minimum atomic E-state index is -3.76. The van der Waals surface area contributed by atoms with E-state index in [0.29, 0.717) is 22.5 Å². The summed E-state index contributed by atoms with van der Waals surface area (Å²) >= 11 is 0. The first kappa shape index (κ1) is 24.2. The number of halogens is 2. The summed E-state index contributed by atoms with van der Waals surface area (Å²) in [4.78, 5) is 35.6. The van der Waals surface area contributed by atoms with Crippen LogP contribution in [0.25, 0.3) is 33.2 Å². The SMILES string of the molecule is CC(C)n1ncc2cc(-c3nn(CC(=O)N(c4ccc5c(c4)OC(F)(F)O5)C4CC4)c(=O)c4[nH]cnc34)ccc21. The van der Waals surface area contributed by atoms with E-state index in [1.165, 1.54) is 29.4 Å². The predicted molar refractivity (Wildman–Crippen MR) is 140 cm³/mol. The molecule has 1 fully saturated rings. The first-order valence-electron chi connectivity index (χ1n) is 12.8. The van der Waals surface area contributed by atoms with E-state index in [1.807, 2.05) is 36.7 Å². The normalized spacial score (nSPS) is 15.8. The lowest BCUT2D eigenvalue weighted by molar-refractivity contribution is -0.286. The highest BCUT2D eigenvalue weighted by Gasteiger charge is 2.44. The van der Waals surface area contributed by atoms with Crippen molar-refractivity contribution in [3.05, 3.63) is 59.3 Å². The number of imidazole rings is 1. The van der Waals surface area contributed by atoms with Gasteiger partial charge in [0.25, 0.3) is 5.56 Å². The molecule has 0 spiro atoms.